The van der Waals surface area contributed by atoms with E-state index in [1.807, 2.05) is 31.2 Å². The van der Waals surface area contributed by atoms with Gasteiger partial charge in [0, 0.05) is 22.2 Å². The number of fused-ring (bicyclic) bond motifs is 1. The van der Waals surface area contributed by atoms with Crippen molar-refractivity contribution in [2.75, 3.05) is 0 Å². The van der Waals surface area contributed by atoms with Crippen molar-refractivity contribution >= 4 is 16.9 Å². The van der Waals surface area contributed by atoms with Crippen LogP contribution >= 0.6 is 0 Å². The third-order valence-corrected chi connectivity index (χ3v) is 3.03. The third kappa shape index (κ3) is 1.85. The highest BCUT2D eigenvalue weighted by Crippen LogP contribution is 2.30. The van der Waals surface area contributed by atoms with E-state index in [2.05, 4.69) is 15.2 Å². The topological polar surface area (TPSA) is 78.9 Å². The van der Waals surface area contributed by atoms with E-state index in [9.17, 15) is 4.79 Å². The van der Waals surface area contributed by atoms with Crippen molar-refractivity contribution in [1.82, 2.24) is 15.2 Å². The molecule has 94 valence electrons. The second-order valence-electron chi connectivity index (χ2n) is 4.28. The van der Waals surface area contributed by atoms with Gasteiger partial charge in [0.2, 0.25) is 0 Å². The van der Waals surface area contributed by atoms with E-state index >= 15 is 0 Å². The van der Waals surface area contributed by atoms with Gasteiger partial charge in [-0.1, -0.05) is 18.2 Å². The SMILES string of the molecule is Cc1[nH]c2ccccc2c1-c1ccc(C(=O)O)nn1. The number of aromatic nitrogens is 3. The van der Waals surface area contributed by atoms with E-state index in [0.717, 1.165) is 22.2 Å². The van der Waals surface area contributed by atoms with Gasteiger partial charge in [-0.05, 0) is 25.1 Å². The monoisotopic (exact) mass is 253 g/mol. The highest BCUT2D eigenvalue weighted by atomic mass is 16.4. The molecule has 0 bridgehead atoms. The molecule has 0 unspecified atom stereocenters. The Morgan fingerprint density at radius 1 is 1.16 bits per heavy atom. The van der Waals surface area contributed by atoms with Crippen LogP contribution < -0.4 is 0 Å². The summed E-state index contributed by atoms with van der Waals surface area (Å²) < 4.78 is 0. The van der Waals surface area contributed by atoms with Gasteiger partial charge in [0.1, 0.15) is 0 Å². The van der Waals surface area contributed by atoms with Gasteiger partial charge < -0.3 is 10.1 Å². The van der Waals surface area contributed by atoms with Crippen molar-refractivity contribution < 1.29 is 9.90 Å². The molecule has 0 aliphatic carbocycles. The number of carboxylic acid groups (broad SMARTS) is 1. The Kier molecular flexibility index (Phi) is 2.52. The molecule has 0 aliphatic rings. The van der Waals surface area contributed by atoms with E-state index in [1.165, 1.54) is 6.07 Å². The Bertz CT molecular complexity index is 760. The van der Waals surface area contributed by atoms with Crippen molar-refractivity contribution in [2.45, 2.75) is 6.92 Å². The summed E-state index contributed by atoms with van der Waals surface area (Å²) in [7, 11) is 0. The van der Waals surface area contributed by atoms with Crippen LogP contribution in [0.4, 0.5) is 0 Å². The summed E-state index contributed by atoms with van der Waals surface area (Å²) in [6.07, 6.45) is 0. The molecule has 2 aromatic heterocycles. The van der Waals surface area contributed by atoms with Crippen molar-refractivity contribution in [3.63, 3.8) is 0 Å². The van der Waals surface area contributed by atoms with Crippen LogP contribution in [0.2, 0.25) is 0 Å². The van der Waals surface area contributed by atoms with Gasteiger partial charge in [0.25, 0.3) is 0 Å². The molecule has 3 aromatic rings. The van der Waals surface area contributed by atoms with Crippen molar-refractivity contribution in [3.05, 3.63) is 47.8 Å². The number of benzene rings is 1. The number of hydrogen-bond acceptors (Lipinski definition) is 3. The standard InChI is InChI=1S/C14H11N3O2/c1-8-13(9-4-2-3-5-10(9)15-8)11-6-7-12(14(18)19)17-16-11/h2-7,15H,1H3,(H,18,19). The average molecular weight is 253 g/mol. The number of nitrogens with zero attached hydrogens (tertiary/aromatic N) is 2. The minimum absolute atomic E-state index is 0.0544. The Morgan fingerprint density at radius 2 is 1.95 bits per heavy atom. The second kappa shape index (κ2) is 4.20. The number of aromatic amines is 1. The molecule has 5 nitrogen and oxygen atoms in total. The smallest absolute Gasteiger partial charge is 0.356 e. The molecule has 0 amide bonds. The van der Waals surface area contributed by atoms with Crippen LogP contribution in [0.15, 0.2) is 36.4 Å². The minimum atomic E-state index is -1.07. The molecule has 0 atom stereocenters. The first kappa shape index (κ1) is 11.4. The van der Waals surface area contributed by atoms with E-state index in [0.29, 0.717) is 5.69 Å². The van der Waals surface area contributed by atoms with Gasteiger partial charge in [-0.15, -0.1) is 10.2 Å². The fourth-order valence-corrected chi connectivity index (χ4v) is 2.19. The fraction of sp³-hybridized carbons (Fsp3) is 0.0714. The number of aryl methyl sites for hydroxylation is 1. The summed E-state index contributed by atoms with van der Waals surface area (Å²) in [6.45, 7) is 1.96. The first-order valence-electron chi connectivity index (χ1n) is 5.81. The first-order chi connectivity index (χ1) is 9.16. The minimum Gasteiger partial charge on any atom is -0.476 e. The van der Waals surface area contributed by atoms with Gasteiger partial charge in [0.15, 0.2) is 5.69 Å². The largest absolute Gasteiger partial charge is 0.476 e. The maximum Gasteiger partial charge on any atom is 0.356 e. The zero-order valence-corrected chi connectivity index (χ0v) is 10.2. The highest BCUT2D eigenvalue weighted by molar-refractivity contribution is 5.96. The van der Waals surface area contributed by atoms with Gasteiger partial charge in [-0.2, -0.15) is 0 Å². The Balaban J connectivity index is 2.18. The normalized spacial score (nSPS) is 10.8. The quantitative estimate of drug-likeness (QED) is 0.735. The van der Waals surface area contributed by atoms with E-state index < -0.39 is 5.97 Å². The molecule has 0 aliphatic heterocycles. The molecule has 2 heterocycles. The number of aromatic carboxylic acids is 1. The van der Waals surface area contributed by atoms with E-state index in [4.69, 9.17) is 5.11 Å². The Labute approximate surface area is 108 Å². The van der Waals surface area contributed by atoms with E-state index in [-0.39, 0.29) is 5.69 Å². The number of para-hydroxylation sites is 1. The summed E-state index contributed by atoms with van der Waals surface area (Å²) in [5, 5.41) is 17.6. The lowest BCUT2D eigenvalue weighted by Gasteiger charge is -2.00. The predicted molar refractivity (Wildman–Crippen MR) is 71.0 cm³/mol. The predicted octanol–water partition coefficient (Wildman–Crippen LogP) is 2.63. The van der Waals surface area contributed by atoms with Gasteiger partial charge >= 0.3 is 5.97 Å². The summed E-state index contributed by atoms with van der Waals surface area (Å²) in [4.78, 5) is 14.0. The number of carboxylic acids is 1. The van der Waals surface area contributed by atoms with Crippen LogP contribution in [0.3, 0.4) is 0 Å². The molecule has 0 spiro atoms. The molecule has 19 heavy (non-hydrogen) atoms. The number of H-pyrrole nitrogens is 1. The van der Waals surface area contributed by atoms with E-state index in [1.54, 1.807) is 6.07 Å². The molecule has 0 fully saturated rings. The number of rotatable bonds is 2. The molecular weight excluding hydrogens is 242 g/mol. The lowest BCUT2D eigenvalue weighted by Crippen LogP contribution is -2.02. The number of hydrogen-bond donors (Lipinski definition) is 2. The van der Waals surface area contributed by atoms with Gasteiger partial charge in [0.05, 0.1) is 5.69 Å². The molecule has 5 heteroatoms. The van der Waals surface area contributed by atoms with Gasteiger partial charge in [-0.3, -0.25) is 0 Å². The van der Waals surface area contributed by atoms with Gasteiger partial charge in [-0.25, -0.2) is 4.79 Å². The maximum absolute atomic E-state index is 10.8. The Morgan fingerprint density at radius 3 is 2.63 bits per heavy atom. The molecule has 3 rings (SSSR count). The summed E-state index contributed by atoms with van der Waals surface area (Å²) in [5.74, 6) is -1.07. The van der Waals surface area contributed by atoms with Crippen LogP contribution in [-0.2, 0) is 0 Å². The molecule has 2 N–H and O–H groups in total. The van der Waals surface area contributed by atoms with Crippen LogP contribution in [-0.4, -0.2) is 26.3 Å². The Hall–Kier alpha value is -2.69. The average Bonchev–Trinajstić information content (AvgIpc) is 2.74. The summed E-state index contributed by atoms with van der Waals surface area (Å²) in [5.41, 5.74) is 3.58. The number of nitrogens with one attached hydrogen (secondary N) is 1. The van der Waals surface area contributed by atoms with Crippen molar-refractivity contribution in [2.24, 2.45) is 0 Å². The number of carbonyl (C=O) groups is 1. The van der Waals surface area contributed by atoms with Crippen LogP contribution in [0.25, 0.3) is 22.2 Å². The van der Waals surface area contributed by atoms with Crippen molar-refractivity contribution in [3.8, 4) is 11.3 Å². The highest BCUT2D eigenvalue weighted by Gasteiger charge is 2.13. The second-order valence-corrected chi connectivity index (χ2v) is 4.28. The third-order valence-electron chi connectivity index (χ3n) is 3.03. The summed E-state index contributed by atoms with van der Waals surface area (Å²) in [6, 6.07) is 11.1. The lowest BCUT2D eigenvalue weighted by molar-refractivity contribution is 0.0689. The van der Waals surface area contributed by atoms with Crippen LogP contribution in [0.1, 0.15) is 16.2 Å². The lowest BCUT2D eigenvalue weighted by atomic mass is 10.1. The zero-order valence-electron chi connectivity index (χ0n) is 10.2. The zero-order chi connectivity index (χ0) is 13.4. The van der Waals surface area contributed by atoms with Crippen LogP contribution in [0, 0.1) is 6.92 Å². The fourth-order valence-electron chi connectivity index (χ4n) is 2.19. The molecule has 0 saturated heterocycles. The first-order valence-corrected chi connectivity index (χ1v) is 5.81. The van der Waals surface area contributed by atoms with Crippen molar-refractivity contribution in [1.29, 1.82) is 0 Å². The van der Waals surface area contributed by atoms with Crippen LogP contribution in [0.5, 0.6) is 0 Å². The maximum atomic E-state index is 10.8. The molecular formula is C14H11N3O2. The molecule has 0 radical (unpaired) electrons. The molecule has 1 aromatic carbocycles. The molecule has 0 saturated carbocycles. The summed E-state index contributed by atoms with van der Waals surface area (Å²) >= 11 is 0.